The van der Waals surface area contributed by atoms with Gasteiger partial charge in [-0.15, -0.1) is 0 Å². The van der Waals surface area contributed by atoms with Crippen molar-refractivity contribution in [2.45, 2.75) is 31.8 Å². The molecule has 6 nitrogen and oxygen atoms in total. The predicted molar refractivity (Wildman–Crippen MR) is 56.1 cm³/mol. The number of rotatable bonds is 5. The van der Waals surface area contributed by atoms with E-state index in [1.807, 2.05) is 0 Å². The minimum absolute atomic E-state index is 0.0734. The van der Waals surface area contributed by atoms with Crippen molar-refractivity contribution in [3.05, 3.63) is 12.2 Å². The van der Waals surface area contributed by atoms with Crippen LogP contribution in [0.2, 0.25) is 0 Å². The average Bonchev–Trinajstić information content (AvgIpc) is 2.76. The van der Waals surface area contributed by atoms with E-state index in [0.29, 0.717) is 6.08 Å². The summed E-state index contributed by atoms with van der Waals surface area (Å²) in [5.74, 6) is -2.74. The molecule has 0 atom stereocenters. The minimum atomic E-state index is -1.25. The van der Waals surface area contributed by atoms with Crippen molar-refractivity contribution in [3.63, 3.8) is 0 Å². The Bertz CT molecular complexity index is 327. The Kier molecular flexibility index (Phi) is 5.19. The van der Waals surface area contributed by atoms with Crippen LogP contribution in [0.25, 0.3) is 0 Å². The molecule has 1 rings (SSSR count). The zero-order chi connectivity index (χ0) is 12.7. The molecule has 0 heterocycles. The van der Waals surface area contributed by atoms with Crippen LogP contribution in [0.15, 0.2) is 12.2 Å². The van der Waals surface area contributed by atoms with E-state index in [0.717, 1.165) is 31.8 Å². The lowest BCUT2D eigenvalue weighted by Gasteiger charge is -2.10. The van der Waals surface area contributed by atoms with E-state index in [-0.39, 0.29) is 6.10 Å². The Balaban J connectivity index is 2.18. The highest BCUT2D eigenvalue weighted by atomic mass is 16.6. The molecule has 0 amide bonds. The second-order valence-electron chi connectivity index (χ2n) is 3.68. The SMILES string of the molecule is O=C(O)/C=C/C(=O)OCC(=O)OC1CCCC1. The number of carbonyl (C=O) groups excluding carboxylic acids is 2. The second-order valence-corrected chi connectivity index (χ2v) is 3.68. The normalized spacial score (nSPS) is 16.0. The largest absolute Gasteiger partial charge is 0.478 e. The molecule has 6 heteroatoms. The summed E-state index contributed by atoms with van der Waals surface area (Å²) in [6.45, 7) is -0.487. The molecule has 1 fully saturated rings. The van der Waals surface area contributed by atoms with Gasteiger partial charge in [0.25, 0.3) is 0 Å². The van der Waals surface area contributed by atoms with Gasteiger partial charge in [0.1, 0.15) is 6.10 Å². The van der Waals surface area contributed by atoms with Crippen molar-refractivity contribution in [1.82, 2.24) is 0 Å². The van der Waals surface area contributed by atoms with Gasteiger partial charge in [0.05, 0.1) is 0 Å². The van der Waals surface area contributed by atoms with Gasteiger partial charge in [-0.3, -0.25) is 0 Å². The monoisotopic (exact) mass is 242 g/mol. The van der Waals surface area contributed by atoms with Gasteiger partial charge in [-0.05, 0) is 25.7 Å². The topological polar surface area (TPSA) is 89.9 Å². The first-order valence-electron chi connectivity index (χ1n) is 5.35. The molecule has 1 aliphatic carbocycles. The zero-order valence-corrected chi connectivity index (χ0v) is 9.26. The van der Waals surface area contributed by atoms with E-state index in [2.05, 4.69) is 4.74 Å². The summed E-state index contributed by atoms with van der Waals surface area (Å²) >= 11 is 0. The minimum Gasteiger partial charge on any atom is -0.478 e. The third kappa shape index (κ3) is 5.70. The number of carbonyl (C=O) groups is 3. The summed E-state index contributed by atoms with van der Waals surface area (Å²) in [5.41, 5.74) is 0. The quantitative estimate of drug-likeness (QED) is 0.562. The molecule has 17 heavy (non-hydrogen) atoms. The van der Waals surface area contributed by atoms with Crippen molar-refractivity contribution < 1.29 is 29.0 Å². The molecular formula is C11H14O6. The smallest absolute Gasteiger partial charge is 0.344 e. The van der Waals surface area contributed by atoms with Crippen molar-refractivity contribution in [3.8, 4) is 0 Å². The first-order chi connectivity index (χ1) is 8.08. The Morgan fingerprint density at radius 3 is 2.41 bits per heavy atom. The number of hydrogen-bond acceptors (Lipinski definition) is 5. The summed E-state index contributed by atoms with van der Waals surface area (Å²) in [7, 11) is 0. The average molecular weight is 242 g/mol. The van der Waals surface area contributed by atoms with Crippen molar-refractivity contribution >= 4 is 17.9 Å². The molecule has 0 aliphatic heterocycles. The molecule has 0 aromatic heterocycles. The van der Waals surface area contributed by atoms with Gasteiger partial charge in [-0.1, -0.05) is 0 Å². The van der Waals surface area contributed by atoms with E-state index in [4.69, 9.17) is 9.84 Å². The van der Waals surface area contributed by atoms with Crippen molar-refractivity contribution in [2.75, 3.05) is 6.61 Å². The molecule has 94 valence electrons. The Labute approximate surface area is 98.2 Å². The molecule has 0 saturated heterocycles. The van der Waals surface area contributed by atoms with Crippen LogP contribution in [-0.4, -0.2) is 35.7 Å². The summed E-state index contributed by atoms with van der Waals surface area (Å²) in [6, 6.07) is 0. The maximum Gasteiger partial charge on any atom is 0.344 e. The molecule has 0 aromatic rings. The van der Waals surface area contributed by atoms with Gasteiger partial charge in [-0.25, -0.2) is 14.4 Å². The van der Waals surface area contributed by atoms with Crippen LogP contribution >= 0.6 is 0 Å². The lowest BCUT2D eigenvalue weighted by molar-refractivity contribution is -0.159. The number of hydrogen-bond donors (Lipinski definition) is 1. The molecule has 0 unspecified atom stereocenters. The molecule has 0 spiro atoms. The number of carboxylic acid groups (broad SMARTS) is 1. The Morgan fingerprint density at radius 1 is 1.18 bits per heavy atom. The summed E-state index contributed by atoms with van der Waals surface area (Å²) < 4.78 is 9.53. The Hall–Kier alpha value is -1.85. The maximum absolute atomic E-state index is 11.2. The van der Waals surface area contributed by atoms with E-state index in [9.17, 15) is 14.4 Å². The first-order valence-corrected chi connectivity index (χ1v) is 5.35. The fourth-order valence-electron chi connectivity index (χ4n) is 1.54. The predicted octanol–water partition coefficient (Wildman–Crippen LogP) is 0.656. The van der Waals surface area contributed by atoms with E-state index in [1.54, 1.807) is 0 Å². The van der Waals surface area contributed by atoms with Crippen LogP contribution in [0, 0.1) is 0 Å². The third-order valence-electron chi connectivity index (χ3n) is 2.29. The number of ether oxygens (including phenoxy) is 2. The van der Waals surface area contributed by atoms with Crippen LogP contribution in [-0.2, 0) is 23.9 Å². The van der Waals surface area contributed by atoms with Gasteiger partial charge in [0.2, 0.25) is 0 Å². The number of aliphatic carboxylic acids is 1. The fourth-order valence-corrected chi connectivity index (χ4v) is 1.54. The van der Waals surface area contributed by atoms with Crippen LogP contribution in [0.1, 0.15) is 25.7 Å². The van der Waals surface area contributed by atoms with Crippen LogP contribution in [0.5, 0.6) is 0 Å². The fraction of sp³-hybridized carbons (Fsp3) is 0.545. The lowest BCUT2D eigenvalue weighted by Crippen LogP contribution is -2.20. The molecule has 1 saturated carbocycles. The summed E-state index contributed by atoms with van der Waals surface area (Å²) in [5, 5.41) is 8.24. The van der Waals surface area contributed by atoms with Gasteiger partial charge in [0, 0.05) is 12.2 Å². The molecule has 1 N–H and O–H groups in total. The molecule has 0 aromatic carbocycles. The Morgan fingerprint density at radius 2 is 1.82 bits per heavy atom. The molecule has 0 radical (unpaired) electrons. The van der Waals surface area contributed by atoms with E-state index < -0.39 is 24.5 Å². The number of carboxylic acids is 1. The van der Waals surface area contributed by atoms with Gasteiger partial charge in [-0.2, -0.15) is 0 Å². The van der Waals surface area contributed by atoms with Gasteiger partial charge < -0.3 is 14.6 Å². The van der Waals surface area contributed by atoms with E-state index >= 15 is 0 Å². The van der Waals surface area contributed by atoms with Gasteiger partial charge in [0.15, 0.2) is 6.61 Å². The lowest BCUT2D eigenvalue weighted by atomic mass is 10.3. The van der Waals surface area contributed by atoms with E-state index in [1.165, 1.54) is 0 Å². The van der Waals surface area contributed by atoms with Crippen LogP contribution in [0.3, 0.4) is 0 Å². The zero-order valence-electron chi connectivity index (χ0n) is 9.26. The third-order valence-corrected chi connectivity index (χ3v) is 2.29. The van der Waals surface area contributed by atoms with Crippen LogP contribution in [0.4, 0.5) is 0 Å². The van der Waals surface area contributed by atoms with Crippen molar-refractivity contribution in [2.24, 2.45) is 0 Å². The highest BCUT2D eigenvalue weighted by molar-refractivity contribution is 5.91. The highest BCUT2D eigenvalue weighted by Gasteiger charge is 2.19. The molecule has 0 bridgehead atoms. The van der Waals surface area contributed by atoms with Crippen LogP contribution < -0.4 is 0 Å². The summed E-state index contributed by atoms with van der Waals surface area (Å²) in [6.07, 6.45) is 5.08. The highest BCUT2D eigenvalue weighted by Crippen LogP contribution is 2.20. The maximum atomic E-state index is 11.2. The molecular weight excluding hydrogens is 228 g/mol. The standard InChI is InChI=1S/C11H14O6/c12-9(13)5-6-10(14)16-7-11(15)17-8-3-1-2-4-8/h5-6,8H,1-4,7H2,(H,12,13)/b6-5+. The van der Waals surface area contributed by atoms with Gasteiger partial charge >= 0.3 is 17.9 Å². The summed E-state index contributed by atoms with van der Waals surface area (Å²) in [4.78, 5) is 32.2. The second kappa shape index (κ2) is 6.67. The van der Waals surface area contributed by atoms with Crippen molar-refractivity contribution in [1.29, 1.82) is 0 Å². The first kappa shape index (κ1) is 13.2. The number of esters is 2. The molecule has 1 aliphatic rings.